The molecule has 2 aromatic carbocycles. The van der Waals surface area contributed by atoms with Crippen LogP contribution in [-0.2, 0) is 22.6 Å². The zero-order valence-electron chi connectivity index (χ0n) is 14.3. The second-order valence-corrected chi connectivity index (χ2v) is 5.59. The Labute approximate surface area is 143 Å². The summed E-state index contributed by atoms with van der Waals surface area (Å²) in [5.41, 5.74) is 3.00. The van der Waals surface area contributed by atoms with E-state index >= 15 is 0 Å². The van der Waals surface area contributed by atoms with E-state index in [1.54, 1.807) is 0 Å². The highest BCUT2D eigenvalue weighted by atomic mass is 16.5. The molecule has 0 aromatic heterocycles. The third kappa shape index (κ3) is 5.58. The molecule has 0 atom stereocenters. The zero-order valence-corrected chi connectivity index (χ0v) is 14.3. The van der Waals surface area contributed by atoms with Gasteiger partial charge in [-0.2, -0.15) is 0 Å². The molecule has 126 valence electrons. The molecule has 0 saturated carbocycles. The number of allylic oxidation sites excluding steroid dienone is 1. The van der Waals surface area contributed by atoms with Gasteiger partial charge in [-0.25, -0.2) is 0 Å². The summed E-state index contributed by atoms with van der Waals surface area (Å²) in [5.74, 6) is 0.450. The van der Waals surface area contributed by atoms with Crippen molar-refractivity contribution in [3.63, 3.8) is 0 Å². The van der Waals surface area contributed by atoms with Crippen LogP contribution in [-0.4, -0.2) is 13.1 Å². The van der Waals surface area contributed by atoms with Crippen molar-refractivity contribution in [2.24, 2.45) is 0 Å². The number of ether oxygens (including phenoxy) is 2. The molecule has 2 aromatic rings. The molecular weight excluding hydrogens is 300 g/mol. The van der Waals surface area contributed by atoms with E-state index in [-0.39, 0.29) is 12.4 Å². The molecular formula is C21H24O3. The Morgan fingerprint density at radius 1 is 1.12 bits per heavy atom. The monoisotopic (exact) mass is 324 g/mol. The highest BCUT2D eigenvalue weighted by Gasteiger charge is 2.10. The Morgan fingerprint density at radius 2 is 1.92 bits per heavy atom. The quantitative estimate of drug-likeness (QED) is 0.655. The fourth-order valence-electron chi connectivity index (χ4n) is 2.33. The van der Waals surface area contributed by atoms with Gasteiger partial charge >= 0.3 is 5.97 Å². The van der Waals surface area contributed by atoms with E-state index in [0.29, 0.717) is 6.61 Å². The van der Waals surface area contributed by atoms with Crippen LogP contribution in [0.1, 0.15) is 36.5 Å². The van der Waals surface area contributed by atoms with Crippen LogP contribution >= 0.6 is 0 Å². The van der Waals surface area contributed by atoms with Crippen molar-refractivity contribution < 1.29 is 14.3 Å². The first-order valence-corrected chi connectivity index (χ1v) is 8.26. The molecule has 24 heavy (non-hydrogen) atoms. The van der Waals surface area contributed by atoms with Crippen LogP contribution in [0.2, 0.25) is 0 Å². The number of esters is 1. The van der Waals surface area contributed by atoms with Crippen LogP contribution in [0.15, 0.2) is 54.6 Å². The standard InChI is InChI=1S/C21H24O3/c1-3-4-6-9-17-12-13-20(19(14-17)15-21(22)23-2)24-16-18-10-7-5-8-11-18/h5-14H,3-4,15-16H2,1-2H3/b9-6-. The van der Waals surface area contributed by atoms with Crippen molar-refractivity contribution in [1.29, 1.82) is 0 Å². The van der Waals surface area contributed by atoms with Crippen molar-refractivity contribution in [1.82, 2.24) is 0 Å². The van der Waals surface area contributed by atoms with Gasteiger partial charge in [0.1, 0.15) is 12.4 Å². The molecule has 0 spiro atoms. The van der Waals surface area contributed by atoms with Gasteiger partial charge in [-0.1, -0.05) is 61.9 Å². The lowest BCUT2D eigenvalue weighted by Crippen LogP contribution is -2.07. The maximum Gasteiger partial charge on any atom is 0.310 e. The predicted octanol–water partition coefficient (Wildman–Crippen LogP) is 4.79. The molecule has 0 bridgehead atoms. The summed E-state index contributed by atoms with van der Waals surface area (Å²) in [7, 11) is 1.40. The zero-order chi connectivity index (χ0) is 17.2. The molecule has 0 aliphatic heterocycles. The predicted molar refractivity (Wildman–Crippen MR) is 96.9 cm³/mol. The molecule has 0 radical (unpaired) electrons. The van der Waals surface area contributed by atoms with Crippen LogP contribution < -0.4 is 4.74 Å². The summed E-state index contributed by atoms with van der Waals surface area (Å²) >= 11 is 0. The summed E-state index contributed by atoms with van der Waals surface area (Å²) in [5, 5.41) is 0. The maximum absolute atomic E-state index is 11.7. The van der Waals surface area contributed by atoms with Crippen molar-refractivity contribution in [3.8, 4) is 5.75 Å². The van der Waals surface area contributed by atoms with Crippen molar-refractivity contribution in [3.05, 3.63) is 71.3 Å². The topological polar surface area (TPSA) is 35.5 Å². The lowest BCUT2D eigenvalue weighted by atomic mass is 10.1. The second-order valence-electron chi connectivity index (χ2n) is 5.59. The smallest absolute Gasteiger partial charge is 0.310 e. The van der Waals surface area contributed by atoms with Crippen molar-refractivity contribution in [2.45, 2.75) is 32.8 Å². The van der Waals surface area contributed by atoms with Gasteiger partial charge in [0, 0.05) is 5.56 Å². The minimum absolute atomic E-state index is 0.204. The lowest BCUT2D eigenvalue weighted by molar-refractivity contribution is -0.139. The van der Waals surface area contributed by atoms with E-state index in [0.717, 1.165) is 35.3 Å². The molecule has 3 heteroatoms. The van der Waals surface area contributed by atoms with E-state index in [4.69, 9.17) is 9.47 Å². The van der Waals surface area contributed by atoms with E-state index in [9.17, 15) is 4.79 Å². The number of methoxy groups -OCH3 is 1. The molecule has 0 amide bonds. The maximum atomic E-state index is 11.7. The van der Waals surface area contributed by atoms with Crippen LogP contribution in [0.25, 0.3) is 6.08 Å². The van der Waals surface area contributed by atoms with Gasteiger partial charge < -0.3 is 9.47 Å². The molecule has 0 aliphatic carbocycles. The first-order valence-electron chi connectivity index (χ1n) is 8.26. The van der Waals surface area contributed by atoms with Crippen molar-refractivity contribution >= 4 is 12.0 Å². The van der Waals surface area contributed by atoms with E-state index in [1.165, 1.54) is 7.11 Å². The van der Waals surface area contributed by atoms with Crippen LogP contribution in [0.5, 0.6) is 5.75 Å². The number of carbonyl (C=O) groups is 1. The molecule has 0 unspecified atom stereocenters. The number of hydrogen-bond acceptors (Lipinski definition) is 3. The molecule has 0 fully saturated rings. The van der Waals surface area contributed by atoms with Gasteiger partial charge in [0.05, 0.1) is 13.5 Å². The normalized spacial score (nSPS) is 10.8. The number of unbranched alkanes of at least 4 members (excludes halogenated alkanes) is 1. The highest BCUT2D eigenvalue weighted by Crippen LogP contribution is 2.23. The first kappa shape index (κ1) is 17.8. The number of rotatable bonds is 8. The summed E-state index contributed by atoms with van der Waals surface area (Å²) in [4.78, 5) is 11.7. The van der Waals surface area contributed by atoms with E-state index < -0.39 is 0 Å². The third-order valence-electron chi connectivity index (χ3n) is 3.65. The summed E-state index contributed by atoms with van der Waals surface area (Å²) < 4.78 is 10.7. The summed E-state index contributed by atoms with van der Waals surface area (Å²) in [6.45, 7) is 2.62. The average molecular weight is 324 g/mol. The number of carbonyl (C=O) groups excluding carboxylic acids is 1. The average Bonchev–Trinajstić information content (AvgIpc) is 2.62. The number of hydrogen-bond donors (Lipinski definition) is 0. The molecule has 2 rings (SSSR count). The van der Waals surface area contributed by atoms with Gasteiger partial charge in [-0.05, 0) is 29.7 Å². The molecule has 0 N–H and O–H groups in total. The fourth-order valence-corrected chi connectivity index (χ4v) is 2.33. The van der Waals surface area contributed by atoms with Gasteiger partial charge in [0.25, 0.3) is 0 Å². The Kier molecular flexibility index (Phi) is 7.09. The highest BCUT2D eigenvalue weighted by molar-refractivity contribution is 5.74. The lowest BCUT2D eigenvalue weighted by Gasteiger charge is -2.12. The van der Waals surface area contributed by atoms with Crippen LogP contribution in [0.3, 0.4) is 0 Å². The van der Waals surface area contributed by atoms with Gasteiger partial charge in [0.15, 0.2) is 0 Å². The Bertz CT molecular complexity index is 675. The summed E-state index contributed by atoms with van der Waals surface area (Å²) in [6.07, 6.45) is 6.57. The SMILES string of the molecule is CCC/C=C\c1ccc(OCc2ccccc2)c(CC(=O)OC)c1. The van der Waals surface area contributed by atoms with Gasteiger partial charge in [-0.3, -0.25) is 4.79 Å². The third-order valence-corrected chi connectivity index (χ3v) is 3.65. The van der Waals surface area contributed by atoms with Crippen LogP contribution in [0.4, 0.5) is 0 Å². The van der Waals surface area contributed by atoms with E-state index in [1.807, 2.05) is 48.5 Å². The second kappa shape index (κ2) is 9.56. The van der Waals surface area contributed by atoms with Gasteiger partial charge in [0.2, 0.25) is 0 Å². The molecule has 0 heterocycles. The van der Waals surface area contributed by atoms with E-state index in [2.05, 4.69) is 19.1 Å². The summed E-state index contributed by atoms with van der Waals surface area (Å²) in [6, 6.07) is 15.9. The number of benzene rings is 2. The Hall–Kier alpha value is -2.55. The first-order chi connectivity index (χ1) is 11.7. The minimum atomic E-state index is -0.269. The Balaban J connectivity index is 2.16. The Morgan fingerprint density at radius 3 is 2.62 bits per heavy atom. The molecule has 0 aliphatic rings. The largest absolute Gasteiger partial charge is 0.489 e. The molecule has 0 saturated heterocycles. The van der Waals surface area contributed by atoms with Gasteiger partial charge in [-0.15, -0.1) is 0 Å². The minimum Gasteiger partial charge on any atom is -0.489 e. The fraction of sp³-hybridized carbons (Fsp3) is 0.286. The van der Waals surface area contributed by atoms with Crippen molar-refractivity contribution in [2.75, 3.05) is 7.11 Å². The molecule has 3 nitrogen and oxygen atoms in total. The van der Waals surface area contributed by atoms with Crippen LogP contribution in [0, 0.1) is 0 Å².